The fourth-order valence-electron chi connectivity index (χ4n) is 3.75. The summed E-state index contributed by atoms with van der Waals surface area (Å²) < 4.78 is 15.8. The van der Waals surface area contributed by atoms with Crippen LogP contribution in [0.1, 0.15) is 13.8 Å². The molecule has 0 spiro atoms. The summed E-state index contributed by atoms with van der Waals surface area (Å²) in [4.78, 5) is 23.0. The number of hydrogen-bond acceptors (Lipinski definition) is 4. The number of aryl methyl sites for hydroxylation is 2. The van der Waals surface area contributed by atoms with Gasteiger partial charge in [0, 0.05) is 49.3 Å². The van der Waals surface area contributed by atoms with Gasteiger partial charge in [-0.25, -0.2) is 0 Å². The summed E-state index contributed by atoms with van der Waals surface area (Å²) in [6.07, 6.45) is 0. The van der Waals surface area contributed by atoms with Gasteiger partial charge in [-0.2, -0.15) is 0 Å². The molecule has 3 heterocycles. The van der Waals surface area contributed by atoms with Gasteiger partial charge in [0.1, 0.15) is 0 Å². The third kappa shape index (κ3) is 5.13. The van der Waals surface area contributed by atoms with E-state index in [2.05, 4.69) is 29.8 Å². The summed E-state index contributed by atoms with van der Waals surface area (Å²) in [5.41, 5.74) is 2.86. The Morgan fingerprint density at radius 2 is 1.27 bits per heavy atom. The van der Waals surface area contributed by atoms with Gasteiger partial charge in [-0.05, 0) is 46.6 Å². The van der Waals surface area contributed by atoms with E-state index in [-0.39, 0.29) is 23.7 Å². The molecule has 2 aromatic carbocycles. The predicted octanol–water partition coefficient (Wildman–Crippen LogP) is 3.61. The lowest BCUT2D eigenvalue weighted by atomic mass is 9.75. The Bertz CT molecular complexity index is 1430. The van der Waals surface area contributed by atoms with Crippen LogP contribution in [0, 0.1) is 5.41 Å². The van der Waals surface area contributed by atoms with Crippen LogP contribution in [0.4, 0.5) is 0 Å². The molecule has 0 amide bonds. The molecule has 0 N–H and O–H groups in total. The minimum absolute atomic E-state index is 0.0127. The lowest BCUT2D eigenvalue weighted by Gasteiger charge is -2.33. The Labute approximate surface area is 201 Å². The molecule has 170 valence electrons. The molecule has 8 heteroatoms. The van der Waals surface area contributed by atoms with Crippen molar-refractivity contribution in [2.75, 3.05) is 13.2 Å². The normalized spacial score (nSPS) is 15.4. The molecule has 0 saturated carbocycles. The van der Waals surface area contributed by atoms with Gasteiger partial charge in [-0.15, -0.1) is 0 Å². The topological polar surface area (TPSA) is 62.5 Å². The van der Waals surface area contributed by atoms with Crippen molar-refractivity contribution in [1.29, 1.82) is 0 Å². The number of halogens is 1. The van der Waals surface area contributed by atoms with Crippen LogP contribution in [-0.4, -0.2) is 29.5 Å². The molecule has 33 heavy (non-hydrogen) atoms. The van der Waals surface area contributed by atoms with E-state index < -0.39 is 0 Å². The van der Waals surface area contributed by atoms with Crippen molar-refractivity contribution in [2.24, 2.45) is 19.5 Å². The average Bonchev–Trinajstić information content (AvgIpc) is 2.79. The lowest BCUT2D eigenvalue weighted by molar-refractivity contribution is 0.0343. The third-order valence-corrected chi connectivity index (χ3v) is 6.26. The average molecular weight is 509 g/mol. The van der Waals surface area contributed by atoms with E-state index in [1.807, 2.05) is 48.5 Å². The Morgan fingerprint density at radius 1 is 0.788 bits per heavy atom. The summed E-state index contributed by atoms with van der Waals surface area (Å²) in [6, 6.07) is 18.7. The second-order valence-corrected chi connectivity index (χ2v) is 10.0. The SMILES string of the molecule is Cn1c(=O)ccc2ccc(B3OCC(C)(C)CO3)cc21.Cn1c(=O)ccc2ccc(Br)cc21. The molecular weight excluding hydrogens is 483 g/mol. The molecular formula is C25H26BBrN2O4. The predicted molar refractivity (Wildman–Crippen MR) is 137 cm³/mol. The van der Waals surface area contributed by atoms with Crippen molar-refractivity contribution in [3.63, 3.8) is 0 Å². The third-order valence-electron chi connectivity index (χ3n) is 5.76. The maximum Gasteiger partial charge on any atom is 0.493 e. The summed E-state index contributed by atoms with van der Waals surface area (Å²) in [5.74, 6) is 0. The van der Waals surface area contributed by atoms with Crippen molar-refractivity contribution in [1.82, 2.24) is 9.13 Å². The highest BCUT2D eigenvalue weighted by Gasteiger charge is 2.33. The van der Waals surface area contributed by atoms with Gasteiger partial charge in [0.15, 0.2) is 0 Å². The van der Waals surface area contributed by atoms with Crippen LogP contribution in [0.25, 0.3) is 21.8 Å². The Morgan fingerprint density at radius 3 is 1.85 bits per heavy atom. The van der Waals surface area contributed by atoms with Gasteiger partial charge in [0.2, 0.25) is 0 Å². The van der Waals surface area contributed by atoms with Crippen LogP contribution in [-0.2, 0) is 23.4 Å². The van der Waals surface area contributed by atoms with E-state index in [1.54, 1.807) is 35.4 Å². The highest BCUT2D eigenvalue weighted by molar-refractivity contribution is 9.10. The zero-order chi connectivity index (χ0) is 23.8. The molecule has 1 aliphatic rings. The first kappa shape index (κ1) is 23.5. The molecule has 1 aliphatic heterocycles. The monoisotopic (exact) mass is 508 g/mol. The second kappa shape index (κ2) is 9.29. The van der Waals surface area contributed by atoms with Crippen LogP contribution in [0.3, 0.4) is 0 Å². The zero-order valence-electron chi connectivity index (χ0n) is 19.2. The van der Waals surface area contributed by atoms with Gasteiger partial charge >= 0.3 is 7.12 Å². The van der Waals surface area contributed by atoms with Gasteiger partial charge in [-0.3, -0.25) is 9.59 Å². The van der Waals surface area contributed by atoms with Crippen molar-refractivity contribution in [3.05, 3.63) is 85.8 Å². The molecule has 1 saturated heterocycles. The van der Waals surface area contributed by atoms with Crippen molar-refractivity contribution in [2.45, 2.75) is 13.8 Å². The molecule has 0 radical (unpaired) electrons. The number of nitrogens with zero attached hydrogens (tertiary/aromatic N) is 2. The molecule has 4 aromatic rings. The first-order valence-corrected chi connectivity index (χ1v) is 11.5. The second-order valence-electron chi connectivity index (χ2n) is 9.10. The lowest BCUT2D eigenvalue weighted by Crippen LogP contribution is -2.47. The summed E-state index contributed by atoms with van der Waals surface area (Å²) >= 11 is 3.38. The standard InChI is InChI=1S/C15H18BNO3.C10H8BrNO/c1-15(2)9-19-16(20-10-15)12-6-4-11-5-7-14(18)17(3)13(11)8-12;1-12-9-6-8(11)4-2-7(9)3-5-10(12)13/h4-8H,9-10H2,1-3H3;2-6H,1H3. The van der Waals surface area contributed by atoms with E-state index in [0.29, 0.717) is 13.2 Å². The van der Waals surface area contributed by atoms with E-state index in [0.717, 1.165) is 31.7 Å². The van der Waals surface area contributed by atoms with Crippen molar-refractivity contribution >= 4 is 50.3 Å². The van der Waals surface area contributed by atoms with Gasteiger partial charge in [-0.1, -0.05) is 48.0 Å². The molecule has 0 atom stereocenters. The van der Waals surface area contributed by atoms with Crippen molar-refractivity contribution < 1.29 is 9.31 Å². The van der Waals surface area contributed by atoms with Crippen LogP contribution >= 0.6 is 15.9 Å². The quantitative estimate of drug-likeness (QED) is 0.368. The smallest absolute Gasteiger partial charge is 0.407 e. The van der Waals surface area contributed by atoms with E-state index in [1.165, 1.54) is 0 Å². The van der Waals surface area contributed by atoms with Gasteiger partial charge in [0.25, 0.3) is 11.1 Å². The number of fused-ring (bicyclic) bond motifs is 2. The van der Waals surface area contributed by atoms with E-state index in [4.69, 9.17) is 9.31 Å². The fraction of sp³-hybridized carbons (Fsp3) is 0.280. The largest absolute Gasteiger partial charge is 0.493 e. The van der Waals surface area contributed by atoms with Gasteiger partial charge < -0.3 is 18.4 Å². The van der Waals surface area contributed by atoms with Gasteiger partial charge in [0.05, 0.1) is 11.0 Å². The summed E-state index contributed by atoms with van der Waals surface area (Å²) in [7, 11) is 3.21. The molecule has 2 aromatic heterocycles. The van der Waals surface area contributed by atoms with Crippen molar-refractivity contribution in [3.8, 4) is 0 Å². The van der Waals surface area contributed by atoms with E-state index in [9.17, 15) is 9.59 Å². The van der Waals surface area contributed by atoms with E-state index >= 15 is 0 Å². The number of pyridine rings is 2. The number of hydrogen-bond donors (Lipinski definition) is 0. The maximum atomic E-state index is 11.7. The van der Waals surface area contributed by atoms with Crippen LogP contribution < -0.4 is 16.6 Å². The molecule has 0 bridgehead atoms. The highest BCUT2D eigenvalue weighted by atomic mass is 79.9. The van der Waals surface area contributed by atoms with Crippen LogP contribution in [0.15, 0.2) is 74.7 Å². The summed E-state index contributed by atoms with van der Waals surface area (Å²) in [5, 5.41) is 2.11. The Balaban J connectivity index is 0.000000172. The highest BCUT2D eigenvalue weighted by Crippen LogP contribution is 2.22. The molecule has 5 rings (SSSR count). The summed E-state index contributed by atoms with van der Waals surface area (Å²) in [6.45, 7) is 5.58. The zero-order valence-corrected chi connectivity index (χ0v) is 20.8. The number of aromatic nitrogens is 2. The molecule has 0 aliphatic carbocycles. The fourth-order valence-corrected chi connectivity index (χ4v) is 4.10. The first-order valence-electron chi connectivity index (χ1n) is 10.7. The first-order chi connectivity index (χ1) is 15.6. The maximum absolute atomic E-state index is 11.7. The molecule has 0 unspecified atom stereocenters. The van der Waals surface area contributed by atoms with Crippen LogP contribution in [0.2, 0.25) is 0 Å². The molecule has 1 fully saturated rings. The number of benzene rings is 2. The minimum Gasteiger partial charge on any atom is -0.407 e. The van der Waals surface area contributed by atoms with Crippen LogP contribution in [0.5, 0.6) is 0 Å². The molecule has 6 nitrogen and oxygen atoms in total. The number of rotatable bonds is 1. The Hall–Kier alpha value is -2.68. The minimum atomic E-state index is -0.345. The Kier molecular flexibility index (Phi) is 6.61.